The first-order valence-corrected chi connectivity index (χ1v) is 20.3. The molecule has 7 aromatic carbocycles. The molecule has 0 atom stereocenters. The van der Waals surface area contributed by atoms with E-state index in [1.807, 2.05) is 0 Å². The van der Waals surface area contributed by atoms with Crippen LogP contribution in [0.25, 0.3) is 33.4 Å². The molecule has 1 fully saturated rings. The molecule has 1 nitrogen and oxygen atoms in total. The van der Waals surface area contributed by atoms with Gasteiger partial charge in [0.05, 0.1) is 5.41 Å². The van der Waals surface area contributed by atoms with E-state index in [4.69, 9.17) is 0 Å². The third-order valence-electron chi connectivity index (χ3n) is 13.3. The van der Waals surface area contributed by atoms with Gasteiger partial charge in [-0.1, -0.05) is 141 Å². The Morgan fingerprint density at radius 3 is 1.54 bits per heavy atom. The van der Waals surface area contributed by atoms with Crippen LogP contribution in [0.3, 0.4) is 0 Å². The second-order valence-electron chi connectivity index (χ2n) is 16.1. The van der Waals surface area contributed by atoms with Crippen molar-refractivity contribution in [1.29, 1.82) is 0 Å². The summed E-state index contributed by atoms with van der Waals surface area (Å²) in [5, 5.41) is 0. The second-order valence-corrected chi connectivity index (χ2v) is 16.1. The van der Waals surface area contributed by atoms with Crippen molar-refractivity contribution >= 4 is 17.1 Å². The quantitative estimate of drug-likeness (QED) is 0.173. The standard InChI is InChI=1S/C53H45N/c1-2-12-36(13-3-1)38-24-28-42(29-25-38)54(43-30-26-39(27-31-43)41-23-22-37-14-4-5-15-40(37)34-41)44-32-33-48-47-18-8-11-21-51(47)53(52(48)35-44)49-19-9-6-16-45(49)46-17-7-10-20-50(46)53/h6-11,16-36H,1-5,12-15H2. The van der Waals surface area contributed by atoms with E-state index in [0.29, 0.717) is 5.92 Å². The molecule has 1 heteroatoms. The van der Waals surface area contributed by atoms with Gasteiger partial charge in [0.1, 0.15) is 0 Å². The lowest BCUT2D eigenvalue weighted by atomic mass is 9.70. The minimum atomic E-state index is -0.373. The molecule has 0 aliphatic heterocycles. The largest absolute Gasteiger partial charge is 0.310 e. The van der Waals surface area contributed by atoms with Crippen molar-refractivity contribution in [3.05, 3.63) is 197 Å². The van der Waals surface area contributed by atoms with Gasteiger partial charge in [-0.3, -0.25) is 0 Å². The van der Waals surface area contributed by atoms with E-state index < -0.39 is 0 Å². The zero-order chi connectivity index (χ0) is 35.6. The van der Waals surface area contributed by atoms with Crippen LogP contribution in [0, 0.1) is 0 Å². The molecule has 0 bridgehead atoms. The predicted octanol–water partition coefficient (Wildman–Crippen LogP) is 14.1. The predicted molar refractivity (Wildman–Crippen MR) is 225 cm³/mol. The van der Waals surface area contributed by atoms with Crippen molar-refractivity contribution < 1.29 is 0 Å². The lowest BCUT2D eigenvalue weighted by Gasteiger charge is -2.32. The minimum absolute atomic E-state index is 0.373. The number of fused-ring (bicyclic) bond motifs is 11. The summed E-state index contributed by atoms with van der Waals surface area (Å²) in [5.74, 6) is 0.679. The number of hydrogen-bond donors (Lipinski definition) is 0. The highest BCUT2D eigenvalue weighted by Gasteiger charge is 2.51. The summed E-state index contributed by atoms with van der Waals surface area (Å²) >= 11 is 0. The Labute approximate surface area is 320 Å². The average Bonchev–Trinajstić information content (AvgIpc) is 3.72. The van der Waals surface area contributed by atoms with Gasteiger partial charge in [-0.15, -0.1) is 0 Å². The summed E-state index contributed by atoms with van der Waals surface area (Å²) in [4.78, 5) is 2.49. The van der Waals surface area contributed by atoms with Crippen molar-refractivity contribution in [2.75, 3.05) is 4.90 Å². The molecule has 7 aromatic rings. The first-order valence-electron chi connectivity index (χ1n) is 20.3. The van der Waals surface area contributed by atoms with E-state index in [0.717, 1.165) is 0 Å². The lowest BCUT2D eigenvalue weighted by molar-refractivity contribution is 0.443. The van der Waals surface area contributed by atoms with E-state index >= 15 is 0 Å². The monoisotopic (exact) mass is 695 g/mol. The topological polar surface area (TPSA) is 3.24 Å². The Morgan fingerprint density at radius 1 is 0.389 bits per heavy atom. The van der Waals surface area contributed by atoms with Gasteiger partial charge in [0, 0.05) is 17.1 Å². The van der Waals surface area contributed by atoms with Crippen LogP contribution in [0.4, 0.5) is 17.1 Å². The molecule has 0 heterocycles. The van der Waals surface area contributed by atoms with Gasteiger partial charge in [-0.05, 0) is 153 Å². The normalized spacial score (nSPS) is 16.3. The summed E-state index contributed by atoms with van der Waals surface area (Å²) < 4.78 is 0. The molecule has 0 aromatic heterocycles. The minimum Gasteiger partial charge on any atom is -0.310 e. The highest BCUT2D eigenvalue weighted by molar-refractivity contribution is 5.96. The molecule has 1 saturated carbocycles. The molecule has 4 aliphatic carbocycles. The van der Waals surface area contributed by atoms with E-state index in [2.05, 4.69) is 163 Å². The highest BCUT2D eigenvalue weighted by Crippen LogP contribution is 2.63. The van der Waals surface area contributed by atoms with Crippen LogP contribution in [0.2, 0.25) is 0 Å². The van der Waals surface area contributed by atoms with E-state index in [1.165, 1.54) is 147 Å². The van der Waals surface area contributed by atoms with E-state index in [-0.39, 0.29) is 5.41 Å². The van der Waals surface area contributed by atoms with Crippen LogP contribution in [-0.2, 0) is 18.3 Å². The third kappa shape index (κ3) is 4.84. The van der Waals surface area contributed by atoms with Gasteiger partial charge in [0.2, 0.25) is 0 Å². The fraction of sp³-hybridized carbons (Fsp3) is 0.208. The summed E-state index contributed by atoms with van der Waals surface area (Å²) in [6, 6.07) is 60.6. The zero-order valence-corrected chi connectivity index (χ0v) is 30.9. The smallest absolute Gasteiger partial charge is 0.0726 e. The van der Waals surface area contributed by atoms with Crippen LogP contribution in [0.5, 0.6) is 0 Å². The maximum Gasteiger partial charge on any atom is 0.0726 e. The van der Waals surface area contributed by atoms with Crippen molar-refractivity contribution in [1.82, 2.24) is 0 Å². The molecular formula is C53H45N. The van der Waals surface area contributed by atoms with Crippen molar-refractivity contribution in [2.45, 2.75) is 69.1 Å². The summed E-state index contributed by atoms with van der Waals surface area (Å²) in [5.41, 5.74) is 21.2. The number of hydrogen-bond acceptors (Lipinski definition) is 1. The van der Waals surface area contributed by atoms with Gasteiger partial charge >= 0.3 is 0 Å². The Morgan fingerprint density at radius 2 is 0.907 bits per heavy atom. The molecule has 11 rings (SSSR count). The molecule has 0 radical (unpaired) electrons. The van der Waals surface area contributed by atoms with Crippen molar-refractivity contribution in [2.24, 2.45) is 0 Å². The van der Waals surface area contributed by atoms with Crippen LogP contribution in [-0.4, -0.2) is 0 Å². The fourth-order valence-electron chi connectivity index (χ4n) is 10.7. The lowest BCUT2D eigenvalue weighted by Crippen LogP contribution is -2.26. The molecular weight excluding hydrogens is 651 g/mol. The molecule has 262 valence electrons. The first kappa shape index (κ1) is 31.8. The Bertz CT molecular complexity index is 2470. The number of anilines is 3. The van der Waals surface area contributed by atoms with Crippen LogP contribution >= 0.6 is 0 Å². The van der Waals surface area contributed by atoms with Gasteiger partial charge in [0.25, 0.3) is 0 Å². The van der Waals surface area contributed by atoms with Gasteiger partial charge in [0.15, 0.2) is 0 Å². The Hall–Kier alpha value is -5.66. The SMILES string of the molecule is c1ccc2c(c1)-c1ccccc1C21c2ccccc2-c2ccc(N(c3ccc(-c4ccc5c(c4)CCCC5)cc3)c3ccc(C4CCCCC4)cc3)cc21. The summed E-state index contributed by atoms with van der Waals surface area (Å²) in [7, 11) is 0. The van der Waals surface area contributed by atoms with Crippen LogP contribution in [0.1, 0.15) is 89.8 Å². The molecule has 4 aliphatic rings. The van der Waals surface area contributed by atoms with Crippen molar-refractivity contribution in [3.63, 3.8) is 0 Å². The molecule has 0 amide bonds. The number of nitrogens with zero attached hydrogens (tertiary/aromatic N) is 1. The summed E-state index contributed by atoms with van der Waals surface area (Å²) in [6.07, 6.45) is 11.7. The first-order chi connectivity index (χ1) is 26.8. The van der Waals surface area contributed by atoms with Gasteiger partial charge in [-0.25, -0.2) is 0 Å². The molecule has 0 saturated heterocycles. The number of aryl methyl sites for hydroxylation is 2. The highest BCUT2D eigenvalue weighted by atomic mass is 15.1. The van der Waals surface area contributed by atoms with Gasteiger partial charge in [-0.2, -0.15) is 0 Å². The molecule has 54 heavy (non-hydrogen) atoms. The van der Waals surface area contributed by atoms with E-state index in [1.54, 1.807) is 0 Å². The van der Waals surface area contributed by atoms with Crippen LogP contribution in [0.15, 0.2) is 158 Å². The van der Waals surface area contributed by atoms with Crippen molar-refractivity contribution in [3.8, 4) is 33.4 Å². The molecule has 0 unspecified atom stereocenters. The third-order valence-corrected chi connectivity index (χ3v) is 13.3. The second kappa shape index (κ2) is 12.7. The Kier molecular flexibility index (Phi) is 7.51. The number of benzene rings is 7. The van der Waals surface area contributed by atoms with E-state index in [9.17, 15) is 0 Å². The number of rotatable bonds is 5. The zero-order valence-electron chi connectivity index (χ0n) is 30.9. The molecule has 0 N–H and O–H groups in total. The maximum absolute atomic E-state index is 2.51. The van der Waals surface area contributed by atoms with Crippen LogP contribution < -0.4 is 4.90 Å². The van der Waals surface area contributed by atoms with Gasteiger partial charge < -0.3 is 4.90 Å². The Balaban J connectivity index is 1.07. The average molecular weight is 696 g/mol. The maximum atomic E-state index is 2.51. The fourth-order valence-corrected chi connectivity index (χ4v) is 10.7. The molecule has 1 spiro atoms. The summed E-state index contributed by atoms with van der Waals surface area (Å²) in [6.45, 7) is 0.